The third-order valence-electron chi connectivity index (χ3n) is 4.88. The Hall–Kier alpha value is -3.05. The van der Waals surface area contributed by atoms with Crippen LogP contribution in [0.1, 0.15) is 51.6 Å². The number of para-hydroxylation sites is 1. The van der Waals surface area contributed by atoms with Crippen molar-refractivity contribution in [3.05, 3.63) is 95.1 Å². The van der Waals surface area contributed by atoms with Crippen LogP contribution >= 0.6 is 11.8 Å². The van der Waals surface area contributed by atoms with E-state index in [-0.39, 0.29) is 11.8 Å². The maximum Gasteiger partial charge on any atom is 0.255 e. The van der Waals surface area contributed by atoms with Crippen molar-refractivity contribution in [1.29, 1.82) is 0 Å². The summed E-state index contributed by atoms with van der Waals surface area (Å²) in [4.78, 5) is 26.4. The third kappa shape index (κ3) is 6.72. The number of rotatable bonds is 9. The summed E-state index contributed by atoms with van der Waals surface area (Å²) in [5.74, 6) is 0.436. The number of carbonyl (C=O) groups is 2. The quantitative estimate of drug-likeness (QED) is 0.319. The minimum atomic E-state index is -0.230. The van der Waals surface area contributed by atoms with E-state index in [4.69, 9.17) is 0 Å². The van der Waals surface area contributed by atoms with Crippen LogP contribution in [-0.2, 0) is 5.75 Å². The molecule has 3 aromatic rings. The number of benzene rings is 3. The molecular formula is C26H28N2O2S. The van der Waals surface area contributed by atoms with Crippen LogP contribution in [0.3, 0.4) is 0 Å². The molecule has 3 rings (SSSR count). The van der Waals surface area contributed by atoms with Gasteiger partial charge in [-0.25, -0.2) is 0 Å². The topological polar surface area (TPSA) is 58.2 Å². The number of carbonyl (C=O) groups excluding carboxylic acids is 2. The number of hydrogen-bond donors (Lipinski definition) is 2. The van der Waals surface area contributed by atoms with Crippen LogP contribution in [0, 0.1) is 6.92 Å². The van der Waals surface area contributed by atoms with E-state index in [1.54, 1.807) is 30.0 Å². The van der Waals surface area contributed by atoms with E-state index in [2.05, 4.69) is 48.7 Å². The molecule has 0 fully saturated rings. The Morgan fingerprint density at radius 2 is 1.58 bits per heavy atom. The minimum absolute atomic E-state index is 0.173. The molecule has 160 valence electrons. The van der Waals surface area contributed by atoms with Crippen molar-refractivity contribution in [1.82, 2.24) is 5.32 Å². The van der Waals surface area contributed by atoms with Gasteiger partial charge in [-0.15, -0.1) is 11.8 Å². The van der Waals surface area contributed by atoms with Gasteiger partial charge >= 0.3 is 0 Å². The van der Waals surface area contributed by atoms with Gasteiger partial charge in [0.15, 0.2) is 0 Å². The van der Waals surface area contributed by atoms with Gasteiger partial charge in [-0.05, 0) is 55.3 Å². The average molecular weight is 433 g/mol. The standard InChI is InChI=1S/C26H28N2O2S/c1-3-4-17-27-26(30)23-7-5-6-8-24(23)28-25(29)21-13-11-20(12-14-21)18-31-22-15-9-19(2)10-16-22/h5-16H,3-4,17-18H2,1-2H3,(H,27,30)(H,28,29). The van der Waals surface area contributed by atoms with Crippen LogP contribution in [0.25, 0.3) is 0 Å². The number of thioether (sulfide) groups is 1. The van der Waals surface area contributed by atoms with Crippen molar-refractivity contribution in [3.63, 3.8) is 0 Å². The van der Waals surface area contributed by atoms with Gasteiger partial charge < -0.3 is 10.6 Å². The first-order valence-electron chi connectivity index (χ1n) is 10.5. The van der Waals surface area contributed by atoms with E-state index in [9.17, 15) is 9.59 Å². The molecule has 0 heterocycles. The van der Waals surface area contributed by atoms with Gasteiger partial charge in [-0.3, -0.25) is 9.59 Å². The lowest BCUT2D eigenvalue weighted by Gasteiger charge is -2.12. The maximum absolute atomic E-state index is 12.7. The van der Waals surface area contributed by atoms with E-state index >= 15 is 0 Å². The third-order valence-corrected chi connectivity index (χ3v) is 5.96. The summed E-state index contributed by atoms with van der Waals surface area (Å²) in [6, 6.07) is 23.1. The molecule has 0 aliphatic carbocycles. The maximum atomic E-state index is 12.7. The highest BCUT2D eigenvalue weighted by Crippen LogP contribution is 2.23. The smallest absolute Gasteiger partial charge is 0.255 e. The normalized spacial score (nSPS) is 10.5. The molecule has 0 aromatic heterocycles. The zero-order chi connectivity index (χ0) is 22.1. The lowest BCUT2D eigenvalue weighted by atomic mass is 10.1. The van der Waals surface area contributed by atoms with Crippen LogP contribution < -0.4 is 10.6 Å². The van der Waals surface area contributed by atoms with E-state index in [0.717, 1.165) is 24.2 Å². The van der Waals surface area contributed by atoms with Gasteiger partial charge in [0, 0.05) is 22.8 Å². The second-order valence-corrected chi connectivity index (χ2v) is 8.46. The number of anilines is 1. The van der Waals surface area contributed by atoms with Crippen molar-refractivity contribution >= 4 is 29.3 Å². The molecule has 2 N–H and O–H groups in total. The molecule has 31 heavy (non-hydrogen) atoms. The van der Waals surface area contributed by atoms with Gasteiger partial charge in [0.25, 0.3) is 11.8 Å². The van der Waals surface area contributed by atoms with Gasteiger partial charge in [0.1, 0.15) is 0 Å². The fourth-order valence-electron chi connectivity index (χ4n) is 3.01. The van der Waals surface area contributed by atoms with Gasteiger partial charge in [-0.2, -0.15) is 0 Å². The summed E-state index contributed by atoms with van der Waals surface area (Å²) in [5.41, 5.74) is 3.95. The van der Waals surface area contributed by atoms with Crippen molar-refractivity contribution in [2.24, 2.45) is 0 Å². The largest absolute Gasteiger partial charge is 0.352 e. The molecule has 5 heteroatoms. The van der Waals surface area contributed by atoms with Crippen molar-refractivity contribution in [2.75, 3.05) is 11.9 Å². The second kappa shape index (κ2) is 11.4. The lowest BCUT2D eigenvalue weighted by Crippen LogP contribution is -2.26. The molecule has 0 bridgehead atoms. The summed E-state index contributed by atoms with van der Waals surface area (Å²) in [7, 11) is 0. The molecule has 0 saturated heterocycles. The minimum Gasteiger partial charge on any atom is -0.352 e. The van der Waals surface area contributed by atoms with Crippen LogP contribution in [0.5, 0.6) is 0 Å². The predicted octanol–water partition coefficient (Wildman–Crippen LogP) is 6.07. The van der Waals surface area contributed by atoms with E-state index < -0.39 is 0 Å². The molecule has 0 unspecified atom stereocenters. The zero-order valence-corrected chi connectivity index (χ0v) is 18.8. The number of nitrogens with one attached hydrogen (secondary N) is 2. The molecule has 0 aliphatic heterocycles. The molecule has 0 radical (unpaired) electrons. The highest BCUT2D eigenvalue weighted by atomic mass is 32.2. The number of amides is 2. The number of unbranched alkanes of at least 4 members (excludes halogenated alkanes) is 1. The molecule has 0 saturated carbocycles. The summed E-state index contributed by atoms with van der Waals surface area (Å²) >= 11 is 1.77. The molecule has 2 amide bonds. The summed E-state index contributed by atoms with van der Waals surface area (Å²) in [6.45, 7) is 4.78. The van der Waals surface area contributed by atoms with Crippen LogP contribution in [0.15, 0.2) is 77.7 Å². The first-order chi connectivity index (χ1) is 15.1. The van der Waals surface area contributed by atoms with E-state index in [1.165, 1.54) is 10.5 Å². The molecule has 4 nitrogen and oxygen atoms in total. The van der Waals surface area contributed by atoms with Crippen molar-refractivity contribution in [2.45, 2.75) is 37.3 Å². The molecular weight excluding hydrogens is 404 g/mol. The average Bonchev–Trinajstić information content (AvgIpc) is 2.79. The highest BCUT2D eigenvalue weighted by molar-refractivity contribution is 7.98. The van der Waals surface area contributed by atoms with Crippen LogP contribution in [0.4, 0.5) is 5.69 Å². The first-order valence-corrected chi connectivity index (χ1v) is 11.5. The first kappa shape index (κ1) is 22.6. The molecule has 0 spiro atoms. The SMILES string of the molecule is CCCCNC(=O)c1ccccc1NC(=O)c1ccc(CSc2ccc(C)cc2)cc1. The Balaban J connectivity index is 1.60. The van der Waals surface area contributed by atoms with Gasteiger partial charge in [0.05, 0.1) is 11.3 Å². The van der Waals surface area contributed by atoms with Crippen molar-refractivity contribution in [3.8, 4) is 0 Å². The Kier molecular flexibility index (Phi) is 8.30. The number of aryl methyl sites for hydroxylation is 1. The fourth-order valence-corrected chi connectivity index (χ4v) is 3.87. The van der Waals surface area contributed by atoms with Gasteiger partial charge in [-0.1, -0.05) is 55.3 Å². The Morgan fingerprint density at radius 3 is 2.29 bits per heavy atom. The van der Waals surface area contributed by atoms with E-state index in [0.29, 0.717) is 23.4 Å². The highest BCUT2D eigenvalue weighted by Gasteiger charge is 2.13. The van der Waals surface area contributed by atoms with Gasteiger partial charge in [0.2, 0.25) is 0 Å². The monoisotopic (exact) mass is 432 g/mol. The predicted molar refractivity (Wildman–Crippen MR) is 129 cm³/mol. The summed E-state index contributed by atoms with van der Waals surface area (Å²) in [5, 5.41) is 5.77. The Labute approximate surface area is 188 Å². The molecule has 0 aliphatic rings. The Morgan fingerprint density at radius 1 is 0.871 bits per heavy atom. The Bertz CT molecular complexity index is 1010. The molecule has 3 aromatic carbocycles. The second-order valence-electron chi connectivity index (χ2n) is 7.41. The fraction of sp³-hybridized carbons (Fsp3) is 0.231. The van der Waals surface area contributed by atoms with E-state index in [1.807, 2.05) is 30.3 Å². The van der Waals surface area contributed by atoms with Crippen LogP contribution in [-0.4, -0.2) is 18.4 Å². The lowest BCUT2D eigenvalue weighted by molar-refractivity contribution is 0.0954. The number of hydrogen-bond acceptors (Lipinski definition) is 3. The van der Waals surface area contributed by atoms with Crippen LogP contribution in [0.2, 0.25) is 0 Å². The summed E-state index contributed by atoms with van der Waals surface area (Å²) < 4.78 is 0. The van der Waals surface area contributed by atoms with Crippen molar-refractivity contribution < 1.29 is 9.59 Å². The molecule has 0 atom stereocenters. The zero-order valence-electron chi connectivity index (χ0n) is 18.0. The summed E-state index contributed by atoms with van der Waals surface area (Å²) in [6.07, 6.45) is 1.94.